The van der Waals surface area contributed by atoms with Crippen molar-refractivity contribution in [1.82, 2.24) is 4.31 Å². The second-order valence-corrected chi connectivity index (χ2v) is 10.0. The first-order valence-electron chi connectivity index (χ1n) is 10.6. The summed E-state index contributed by atoms with van der Waals surface area (Å²) in [5.74, 6) is -0.299. The van der Waals surface area contributed by atoms with E-state index < -0.39 is 10.0 Å². The molecule has 0 atom stereocenters. The second kappa shape index (κ2) is 9.63. The first-order valence-corrected chi connectivity index (χ1v) is 12.1. The van der Waals surface area contributed by atoms with Crippen LogP contribution in [0.25, 0.3) is 0 Å². The number of carbonyl (C=O) groups excluding carboxylic acids is 1. The van der Waals surface area contributed by atoms with Crippen LogP contribution in [0.4, 0.5) is 5.69 Å². The highest BCUT2D eigenvalue weighted by Gasteiger charge is 2.28. The van der Waals surface area contributed by atoms with Crippen molar-refractivity contribution in [1.29, 1.82) is 5.26 Å². The van der Waals surface area contributed by atoms with Crippen LogP contribution in [-0.4, -0.2) is 38.3 Å². The molecule has 0 aliphatic carbocycles. The highest BCUT2D eigenvalue weighted by Crippen LogP contribution is 2.26. The maximum atomic E-state index is 13.5. The third kappa shape index (κ3) is 4.97. The Labute approximate surface area is 185 Å². The van der Waals surface area contributed by atoms with E-state index >= 15 is 0 Å². The standard InChI is InChI=1S/C24H29N3O3S/c1-18-8-10-21(16-20(18)3)27(15-7-12-25)24(28)23-17-22(11-9-19(23)2)31(29,30)26-13-5-4-6-14-26/h8-11,16-17H,4-7,13-15H2,1-3H3. The summed E-state index contributed by atoms with van der Waals surface area (Å²) in [7, 11) is -3.64. The van der Waals surface area contributed by atoms with Crippen molar-refractivity contribution in [3.05, 3.63) is 58.7 Å². The number of hydrogen-bond acceptors (Lipinski definition) is 4. The Bertz CT molecular complexity index is 1110. The largest absolute Gasteiger partial charge is 0.307 e. The predicted octanol–water partition coefficient (Wildman–Crippen LogP) is 4.35. The average Bonchev–Trinajstić information content (AvgIpc) is 2.77. The Morgan fingerprint density at radius 3 is 2.32 bits per heavy atom. The van der Waals surface area contributed by atoms with Crippen molar-refractivity contribution in [3.63, 3.8) is 0 Å². The van der Waals surface area contributed by atoms with Crippen LogP contribution >= 0.6 is 0 Å². The van der Waals surface area contributed by atoms with E-state index in [1.165, 1.54) is 10.4 Å². The predicted molar refractivity (Wildman–Crippen MR) is 122 cm³/mol. The molecule has 0 spiro atoms. The third-order valence-corrected chi connectivity index (χ3v) is 7.78. The highest BCUT2D eigenvalue weighted by atomic mass is 32.2. The number of nitriles is 1. The lowest BCUT2D eigenvalue weighted by Crippen LogP contribution is -2.36. The van der Waals surface area contributed by atoms with E-state index in [1.807, 2.05) is 32.0 Å². The molecule has 1 heterocycles. The maximum absolute atomic E-state index is 13.5. The summed E-state index contributed by atoms with van der Waals surface area (Å²) >= 11 is 0. The summed E-state index contributed by atoms with van der Waals surface area (Å²) in [6, 6.07) is 12.6. The molecule has 1 saturated heterocycles. The topological polar surface area (TPSA) is 81.5 Å². The zero-order chi connectivity index (χ0) is 22.6. The average molecular weight is 440 g/mol. The Hall–Kier alpha value is -2.69. The Kier molecular flexibility index (Phi) is 7.14. The molecule has 0 unspecified atom stereocenters. The van der Waals surface area contributed by atoms with Gasteiger partial charge in [-0.25, -0.2) is 8.42 Å². The number of anilines is 1. The molecule has 0 N–H and O–H groups in total. The molecule has 2 aromatic carbocycles. The van der Waals surface area contributed by atoms with E-state index in [1.54, 1.807) is 24.0 Å². The fraction of sp³-hybridized carbons (Fsp3) is 0.417. The lowest BCUT2D eigenvalue weighted by molar-refractivity contribution is 0.0986. The molecule has 31 heavy (non-hydrogen) atoms. The fourth-order valence-corrected chi connectivity index (χ4v) is 5.34. The molecular formula is C24H29N3O3S. The van der Waals surface area contributed by atoms with E-state index in [9.17, 15) is 13.2 Å². The van der Waals surface area contributed by atoms with Gasteiger partial charge in [-0.3, -0.25) is 4.79 Å². The molecule has 1 aliphatic rings. The van der Waals surface area contributed by atoms with E-state index in [2.05, 4.69) is 6.07 Å². The molecule has 0 saturated carbocycles. The molecule has 1 fully saturated rings. The van der Waals surface area contributed by atoms with Gasteiger partial charge in [-0.05, 0) is 74.6 Å². The Morgan fingerprint density at radius 2 is 1.68 bits per heavy atom. The normalized spacial score (nSPS) is 14.8. The first kappa shape index (κ1) is 23.0. The van der Waals surface area contributed by atoms with Crippen LogP contribution in [0, 0.1) is 32.1 Å². The molecule has 2 aromatic rings. The molecule has 164 valence electrons. The second-order valence-electron chi connectivity index (χ2n) is 8.07. The number of rotatable bonds is 6. The van der Waals surface area contributed by atoms with Crippen LogP contribution in [0.5, 0.6) is 0 Å². The van der Waals surface area contributed by atoms with Gasteiger partial charge in [0.05, 0.1) is 17.4 Å². The lowest BCUT2D eigenvalue weighted by Gasteiger charge is -2.27. The number of piperidine rings is 1. The molecular weight excluding hydrogens is 410 g/mol. The summed E-state index contributed by atoms with van der Waals surface area (Å²) in [5, 5.41) is 9.09. The first-order chi connectivity index (χ1) is 14.8. The van der Waals surface area contributed by atoms with Crippen LogP contribution in [0.15, 0.2) is 41.3 Å². The van der Waals surface area contributed by atoms with E-state index in [0.29, 0.717) is 29.9 Å². The fourth-order valence-electron chi connectivity index (χ4n) is 3.79. The lowest BCUT2D eigenvalue weighted by atomic mass is 10.1. The van der Waals surface area contributed by atoms with Crippen molar-refractivity contribution in [3.8, 4) is 6.07 Å². The van der Waals surface area contributed by atoms with Gasteiger partial charge in [0.1, 0.15) is 0 Å². The number of sulfonamides is 1. The number of benzene rings is 2. The number of aryl methyl sites for hydroxylation is 3. The zero-order valence-corrected chi connectivity index (χ0v) is 19.2. The van der Waals surface area contributed by atoms with Crippen LogP contribution in [0.1, 0.15) is 52.7 Å². The quantitative estimate of drug-likeness (QED) is 0.670. The van der Waals surface area contributed by atoms with Crippen LogP contribution in [0.2, 0.25) is 0 Å². The smallest absolute Gasteiger partial charge is 0.258 e. The van der Waals surface area contributed by atoms with Gasteiger partial charge in [0.15, 0.2) is 0 Å². The van der Waals surface area contributed by atoms with Crippen LogP contribution in [0.3, 0.4) is 0 Å². The maximum Gasteiger partial charge on any atom is 0.258 e. The monoisotopic (exact) mass is 439 g/mol. The summed E-state index contributed by atoms with van der Waals surface area (Å²) in [5.41, 5.74) is 3.90. The van der Waals surface area contributed by atoms with Crippen molar-refractivity contribution in [2.75, 3.05) is 24.5 Å². The molecule has 0 radical (unpaired) electrons. The number of hydrogen-bond donors (Lipinski definition) is 0. The van der Waals surface area contributed by atoms with Gasteiger partial charge in [0.2, 0.25) is 10.0 Å². The summed E-state index contributed by atoms with van der Waals surface area (Å²) in [6.07, 6.45) is 2.92. The zero-order valence-electron chi connectivity index (χ0n) is 18.4. The minimum Gasteiger partial charge on any atom is -0.307 e. The summed E-state index contributed by atoms with van der Waals surface area (Å²) in [6.45, 7) is 7.03. The van der Waals surface area contributed by atoms with Crippen LogP contribution < -0.4 is 4.90 Å². The number of amides is 1. The minimum absolute atomic E-state index is 0.142. The summed E-state index contributed by atoms with van der Waals surface area (Å²) < 4.78 is 27.8. The van der Waals surface area contributed by atoms with Gasteiger partial charge in [0.25, 0.3) is 5.91 Å². The van der Waals surface area contributed by atoms with Gasteiger partial charge in [0, 0.05) is 30.9 Å². The summed E-state index contributed by atoms with van der Waals surface area (Å²) in [4.78, 5) is 15.2. The van der Waals surface area contributed by atoms with Gasteiger partial charge in [-0.1, -0.05) is 18.6 Å². The van der Waals surface area contributed by atoms with E-state index in [4.69, 9.17) is 5.26 Å². The van der Waals surface area contributed by atoms with E-state index in [-0.39, 0.29) is 23.8 Å². The van der Waals surface area contributed by atoms with Crippen molar-refractivity contribution >= 4 is 21.6 Å². The van der Waals surface area contributed by atoms with Gasteiger partial charge in [-0.15, -0.1) is 0 Å². The highest BCUT2D eigenvalue weighted by molar-refractivity contribution is 7.89. The van der Waals surface area contributed by atoms with Crippen molar-refractivity contribution < 1.29 is 13.2 Å². The molecule has 7 heteroatoms. The Morgan fingerprint density at radius 1 is 1.00 bits per heavy atom. The number of carbonyl (C=O) groups is 1. The molecule has 0 bridgehead atoms. The van der Waals surface area contributed by atoms with E-state index in [0.717, 1.165) is 30.4 Å². The number of nitrogens with zero attached hydrogens (tertiary/aromatic N) is 3. The minimum atomic E-state index is -3.64. The van der Waals surface area contributed by atoms with Gasteiger partial charge < -0.3 is 4.90 Å². The molecule has 1 aliphatic heterocycles. The SMILES string of the molecule is Cc1ccc(N(CCC#N)C(=O)c2cc(S(=O)(=O)N3CCCCC3)ccc2C)cc1C. The van der Waals surface area contributed by atoms with Crippen LogP contribution in [-0.2, 0) is 10.0 Å². The van der Waals surface area contributed by atoms with Crippen molar-refractivity contribution in [2.24, 2.45) is 0 Å². The van der Waals surface area contributed by atoms with Gasteiger partial charge >= 0.3 is 0 Å². The Balaban J connectivity index is 2.00. The molecule has 6 nitrogen and oxygen atoms in total. The van der Waals surface area contributed by atoms with Gasteiger partial charge in [-0.2, -0.15) is 9.57 Å². The third-order valence-electron chi connectivity index (χ3n) is 5.89. The molecule has 0 aromatic heterocycles. The van der Waals surface area contributed by atoms with Crippen molar-refractivity contribution in [2.45, 2.75) is 51.3 Å². The molecule has 1 amide bonds. The molecule has 3 rings (SSSR count).